The van der Waals surface area contributed by atoms with Crippen LogP contribution in [0.25, 0.3) is 0 Å². The van der Waals surface area contributed by atoms with Gasteiger partial charge in [0.2, 0.25) is 5.91 Å². The van der Waals surface area contributed by atoms with E-state index in [-0.39, 0.29) is 24.2 Å². The third-order valence-electron chi connectivity index (χ3n) is 2.96. The molecule has 0 spiro atoms. The number of carbonyl (C=O) groups is 1. The van der Waals surface area contributed by atoms with E-state index in [9.17, 15) is 14.3 Å². The summed E-state index contributed by atoms with van der Waals surface area (Å²) in [7, 11) is 0. The quantitative estimate of drug-likeness (QED) is 0.825. The number of hydrogen-bond donors (Lipinski definition) is 1. The lowest BCUT2D eigenvalue weighted by Gasteiger charge is -2.24. The summed E-state index contributed by atoms with van der Waals surface area (Å²) in [4.78, 5) is 13.2. The lowest BCUT2D eigenvalue weighted by atomic mass is 10.1. The Morgan fingerprint density at radius 1 is 1.44 bits per heavy atom. The zero-order valence-electron chi connectivity index (χ0n) is 9.06. The van der Waals surface area contributed by atoms with E-state index in [0.29, 0.717) is 6.54 Å². The van der Waals surface area contributed by atoms with Gasteiger partial charge in [-0.25, -0.2) is 4.39 Å². The summed E-state index contributed by atoms with van der Waals surface area (Å²) < 4.78 is 12.7. The maximum Gasteiger partial charge on any atom is 0.225 e. The smallest absolute Gasteiger partial charge is 0.225 e. The molecule has 1 aromatic carbocycles. The molecule has 0 aromatic heterocycles. The summed E-state index contributed by atoms with van der Waals surface area (Å²) >= 11 is 0. The van der Waals surface area contributed by atoms with Crippen LogP contribution in [-0.4, -0.2) is 28.6 Å². The van der Waals surface area contributed by atoms with Crippen molar-refractivity contribution in [2.75, 3.05) is 6.54 Å². The Bertz CT molecular complexity index is 391. The molecule has 4 heteroatoms. The highest BCUT2D eigenvalue weighted by atomic mass is 19.1. The highest BCUT2D eigenvalue weighted by Crippen LogP contribution is 2.25. The molecule has 1 aromatic rings. The van der Waals surface area contributed by atoms with E-state index < -0.39 is 6.10 Å². The molecule has 1 heterocycles. The second-order valence-electron chi connectivity index (χ2n) is 4.13. The highest BCUT2D eigenvalue weighted by molar-refractivity contribution is 5.79. The average Bonchev–Trinajstić information content (AvgIpc) is 2.58. The lowest BCUT2D eigenvalue weighted by Crippen LogP contribution is -2.29. The maximum absolute atomic E-state index is 12.7. The van der Waals surface area contributed by atoms with E-state index >= 15 is 0 Å². The van der Waals surface area contributed by atoms with Gasteiger partial charge >= 0.3 is 0 Å². The van der Waals surface area contributed by atoms with E-state index in [2.05, 4.69) is 0 Å². The molecule has 1 fully saturated rings. The normalized spacial score (nSPS) is 22.6. The minimum absolute atomic E-state index is 0.0516. The zero-order valence-corrected chi connectivity index (χ0v) is 9.06. The molecule has 0 saturated carbocycles. The van der Waals surface area contributed by atoms with Gasteiger partial charge in [-0.3, -0.25) is 4.79 Å². The fourth-order valence-electron chi connectivity index (χ4n) is 2.01. The largest absolute Gasteiger partial charge is 0.391 e. The number of rotatable bonds is 2. The van der Waals surface area contributed by atoms with E-state index in [1.54, 1.807) is 17.0 Å². The van der Waals surface area contributed by atoms with Gasteiger partial charge in [0.15, 0.2) is 0 Å². The number of aliphatic hydroxyl groups is 1. The van der Waals surface area contributed by atoms with Crippen molar-refractivity contribution in [2.45, 2.75) is 25.5 Å². The number of β-amino-alcohol motifs (C(OH)–C–C–N with tert-alkyl or cyclic N) is 1. The molecule has 1 saturated heterocycles. The number of nitrogens with zero attached hydrogens (tertiary/aromatic N) is 1. The first-order chi connectivity index (χ1) is 7.58. The number of hydrogen-bond acceptors (Lipinski definition) is 2. The Balaban J connectivity index is 2.16. The molecule has 2 unspecified atom stereocenters. The van der Waals surface area contributed by atoms with Crippen molar-refractivity contribution in [3.05, 3.63) is 35.6 Å². The molecule has 2 rings (SSSR count). The van der Waals surface area contributed by atoms with Crippen molar-refractivity contribution in [3.63, 3.8) is 0 Å². The summed E-state index contributed by atoms with van der Waals surface area (Å²) in [5, 5.41) is 9.39. The van der Waals surface area contributed by atoms with Gasteiger partial charge in [0.25, 0.3) is 0 Å². The van der Waals surface area contributed by atoms with Gasteiger partial charge in [0.1, 0.15) is 5.82 Å². The van der Waals surface area contributed by atoms with Crippen LogP contribution in [0.4, 0.5) is 4.39 Å². The van der Waals surface area contributed by atoms with E-state index in [1.807, 2.05) is 6.92 Å². The number of likely N-dealkylation sites (tertiary alicyclic amines) is 1. The first-order valence-electron chi connectivity index (χ1n) is 5.31. The number of benzene rings is 1. The van der Waals surface area contributed by atoms with Crippen LogP contribution < -0.4 is 0 Å². The van der Waals surface area contributed by atoms with Crippen molar-refractivity contribution in [1.82, 2.24) is 4.90 Å². The lowest BCUT2D eigenvalue weighted by molar-refractivity contribution is -0.129. The molecular formula is C12H14FNO2. The third-order valence-corrected chi connectivity index (χ3v) is 2.96. The molecule has 2 atom stereocenters. The van der Waals surface area contributed by atoms with E-state index in [4.69, 9.17) is 0 Å². The van der Waals surface area contributed by atoms with Gasteiger partial charge in [-0.2, -0.15) is 0 Å². The topological polar surface area (TPSA) is 40.5 Å². The minimum atomic E-state index is -0.574. The monoisotopic (exact) mass is 223 g/mol. The summed E-state index contributed by atoms with van der Waals surface area (Å²) in [5.41, 5.74) is 0.879. The maximum atomic E-state index is 12.7. The van der Waals surface area contributed by atoms with Gasteiger partial charge < -0.3 is 10.0 Å². The predicted molar refractivity (Wildman–Crippen MR) is 57.2 cm³/mol. The van der Waals surface area contributed by atoms with Crippen LogP contribution in [0, 0.1) is 5.82 Å². The van der Waals surface area contributed by atoms with E-state index in [1.165, 1.54) is 12.1 Å². The first-order valence-corrected chi connectivity index (χ1v) is 5.31. The molecule has 1 aliphatic rings. The van der Waals surface area contributed by atoms with Gasteiger partial charge in [-0.15, -0.1) is 0 Å². The second-order valence-corrected chi connectivity index (χ2v) is 4.13. The Morgan fingerprint density at radius 2 is 2.06 bits per heavy atom. The Kier molecular flexibility index (Phi) is 2.92. The molecule has 0 radical (unpaired) electrons. The zero-order chi connectivity index (χ0) is 11.7. The number of halogens is 1. The summed E-state index contributed by atoms with van der Waals surface area (Å²) in [5.74, 6) is -0.340. The fourth-order valence-corrected chi connectivity index (χ4v) is 2.01. The molecule has 0 bridgehead atoms. The fraction of sp³-hybridized carbons (Fsp3) is 0.417. The summed E-state index contributed by atoms with van der Waals surface area (Å²) in [6.07, 6.45) is -0.388. The predicted octanol–water partition coefficient (Wildman–Crippen LogP) is 1.48. The van der Waals surface area contributed by atoms with Gasteiger partial charge in [0, 0.05) is 6.54 Å². The van der Waals surface area contributed by atoms with Crippen LogP contribution in [0.3, 0.4) is 0 Å². The third kappa shape index (κ3) is 2.07. The Morgan fingerprint density at radius 3 is 2.56 bits per heavy atom. The Hall–Kier alpha value is -1.42. The van der Waals surface area contributed by atoms with Crippen molar-refractivity contribution < 1.29 is 14.3 Å². The van der Waals surface area contributed by atoms with Crippen molar-refractivity contribution in [3.8, 4) is 0 Å². The van der Waals surface area contributed by atoms with Crippen molar-refractivity contribution in [2.24, 2.45) is 0 Å². The van der Waals surface area contributed by atoms with Crippen molar-refractivity contribution >= 4 is 5.91 Å². The number of carbonyl (C=O) groups excluding carboxylic acids is 1. The minimum Gasteiger partial charge on any atom is -0.391 e. The van der Waals surface area contributed by atoms with Gasteiger partial charge in [-0.1, -0.05) is 12.1 Å². The molecular weight excluding hydrogens is 209 g/mol. The first kappa shape index (κ1) is 11.1. The van der Waals surface area contributed by atoms with Crippen LogP contribution in [0.15, 0.2) is 24.3 Å². The van der Waals surface area contributed by atoms with Crippen molar-refractivity contribution in [1.29, 1.82) is 0 Å². The van der Waals surface area contributed by atoms with Gasteiger partial charge in [-0.05, 0) is 24.6 Å². The molecule has 86 valence electrons. The van der Waals surface area contributed by atoms with Crippen LogP contribution in [0.1, 0.15) is 24.9 Å². The van der Waals surface area contributed by atoms with Crippen LogP contribution in [-0.2, 0) is 4.79 Å². The SMILES string of the molecule is CC(c1ccc(F)cc1)N1CC(O)CC1=O. The molecule has 16 heavy (non-hydrogen) atoms. The summed E-state index contributed by atoms with van der Waals surface area (Å²) in [6, 6.07) is 5.96. The standard InChI is InChI=1S/C12H14FNO2/c1-8(9-2-4-10(13)5-3-9)14-7-11(15)6-12(14)16/h2-5,8,11,15H,6-7H2,1H3. The van der Waals surface area contributed by atoms with E-state index in [0.717, 1.165) is 5.56 Å². The molecule has 1 aliphatic heterocycles. The van der Waals surface area contributed by atoms with Crippen LogP contribution >= 0.6 is 0 Å². The highest BCUT2D eigenvalue weighted by Gasteiger charge is 2.31. The van der Waals surface area contributed by atoms with Crippen LogP contribution in [0.2, 0.25) is 0 Å². The van der Waals surface area contributed by atoms with Gasteiger partial charge in [0.05, 0.1) is 18.6 Å². The summed E-state index contributed by atoms with van der Waals surface area (Å²) in [6.45, 7) is 2.24. The number of aliphatic hydroxyl groups excluding tert-OH is 1. The average molecular weight is 223 g/mol. The molecule has 3 nitrogen and oxygen atoms in total. The molecule has 1 N–H and O–H groups in total. The Labute approximate surface area is 93.5 Å². The number of amides is 1. The molecule has 1 amide bonds. The van der Waals surface area contributed by atoms with Crippen LogP contribution in [0.5, 0.6) is 0 Å². The molecule has 0 aliphatic carbocycles. The second kappa shape index (κ2) is 4.22.